The van der Waals surface area contributed by atoms with Crippen molar-refractivity contribution in [3.05, 3.63) is 11.9 Å². The topological polar surface area (TPSA) is 49.8 Å². The fraction of sp³-hybridized carbons (Fsp3) is 0.714. The van der Waals surface area contributed by atoms with Crippen molar-refractivity contribution in [1.82, 2.24) is 9.97 Å². The van der Waals surface area contributed by atoms with Crippen LogP contribution in [-0.2, 0) is 6.18 Å². The second-order valence-corrected chi connectivity index (χ2v) is 5.54. The van der Waals surface area contributed by atoms with Crippen LogP contribution in [0.25, 0.3) is 0 Å². The molecule has 0 aliphatic heterocycles. The third-order valence-electron chi connectivity index (χ3n) is 3.97. The van der Waals surface area contributed by atoms with E-state index in [-0.39, 0.29) is 17.7 Å². The summed E-state index contributed by atoms with van der Waals surface area (Å²) >= 11 is 0. The standard InChI is InChI=1S/C14H21F3N4/c1-9(10-6-4-3-5-7-10)19-12-8-11(18-2)20-13(21-12)14(15,16)17/h8-10H,3-7H2,1-2H3,(H2,18,19,20,21). The first kappa shape index (κ1) is 15.9. The molecule has 21 heavy (non-hydrogen) atoms. The molecule has 118 valence electrons. The minimum absolute atomic E-state index is 0.103. The lowest BCUT2D eigenvalue weighted by Gasteiger charge is -2.28. The van der Waals surface area contributed by atoms with Crippen molar-refractivity contribution in [3.8, 4) is 0 Å². The molecule has 1 fully saturated rings. The lowest BCUT2D eigenvalue weighted by molar-refractivity contribution is -0.144. The van der Waals surface area contributed by atoms with Crippen LogP contribution in [0.4, 0.5) is 24.8 Å². The Morgan fingerprint density at radius 3 is 2.33 bits per heavy atom. The minimum Gasteiger partial charge on any atom is -0.373 e. The highest BCUT2D eigenvalue weighted by atomic mass is 19.4. The number of alkyl halides is 3. The summed E-state index contributed by atoms with van der Waals surface area (Å²) in [7, 11) is 1.54. The van der Waals surface area contributed by atoms with E-state index >= 15 is 0 Å². The maximum Gasteiger partial charge on any atom is 0.451 e. The third kappa shape index (κ3) is 4.22. The maximum absolute atomic E-state index is 12.8. The van der Waals surface area contributed by atoms with Gasteiger partial charge >= 0.3 is 6.18 Å². The van der Waals surface area contributed by atoms with E-state index in [0.717, 1.165) is 12.8 Å². The fourth-order valence-electron chi connectivity index (χ4n) is 2.76. The van der Waals surface area contributed by atoms with Gasteiger partial charge in [0.05, 0.1) is 0 Å². The van der Waals surface area contributed by atoms with Crippen molar-refractivity contribution in [1.29, 1.82) is 0 Å². The molecule has 1 saturated carbocycles. The third-order valence-corrected chi connectivity index (χ3v) is 3.97. The van der Waals surface area contributed by atoms with E-state index in [1.807, 2.05) is 6.92 Å². The average Bonchev–Trinajstić information content (AvgIpc) is 2.46. The first-order chi connectivity index (χ1) is 9.90. The molecular formula is C14H21F3N4. The van der Waals surface area contributed by atoms with Crippen molar-refractivity contribution in [2.24, 2.45) is 5.92 Å². The summed E-state index contributed by atoms with van der Waals surface area (Å²) in [6, 6.07) is 1.61. The summed E-state index contributed by atoms with van der Waals surface area (Å²) in [5.41, 5.74) is 0. The smallest absolute Gasteiger partial charge is 0.373 e. The van der Waals surface area contributed by atoms with Gasteiger partial charge < -0.3 is 10.6 Å². The molecular weight excluding hydrogens is 281 g/mol. The van der Waals surface area contributed by atoms with Gasteiger partial charge in [0.15, 0.2) is 0 Å². The highest BCUT2D eigenvalue weighted by Gasteiger charge is 2.35. The number of aromatic nitrogens is 2. The summed E-state index contributed by atoms with van der Waals surface area (Å²) in [6.07, 6.45) is 1.32. The van der Waals surface area contributed by atoms with E-state index in [1.54, 1.807) is 0 Å². The first-order valence-electron chi connectivity index (χ1n) is 7.30. The van der Waals surface area contributed by atoms with Crippen molar-refractivity contribution < 1.29 is 13.2 Å². The van der Waals surface area contributed by atoms with Crippen LogP contribution in [0.3, 0.4) is 0 Å². The van der Waals surface area contributed by atoms with Crippen molar-refractivity contribution in [2.45, 2.75) is 51.2 Å². The van der Waals surface area contributed by atoms with Gasteiger partial charge in [-0.2, -0.15) is 13.2 Å². The van der Waals surface area contributed by atoms with Crippen LogP contribution in [0.5, 0.6) is 0 Å². The molecule has 0 bridgehead atoms. The largest absolute Gasteiger partial charge is 0.451 e. The van der Waals surface area contributed by atoms with E-state index in [1.165, 1.54) is 32.4 Å². The highest BCUT2D eigenvalue weighted by Crippen LogP contribution is 2.30. The predicted octanol–water partition coefficient (Wildman–Crippen LogP) is 3.92. The van der Waals surface area contributed by atoms with Crippen LogP contribution < -0.4 is 10.6 Å². The van der Waals surface area contributed by atoms with E-state index in [2.05, 4.69) is 20.6 Å². The Morgan fingerprint density at radius 1 is 1.14 bits per heavy atom. The Morgan fingerprint density at radius 2 is 1.76 bits per heavy atom. The number of rotatable bonds is 4. The normalized spacial score (nSPS) is 18.3. The van der Waals surface area contributed by atoms with Crippen molar-refractivity contribution in [2.75, 3.05) is 17.7 Å². The fourth-order valence-corrected chi connectivity index (χ4v) is 2.76. The highest BCUT2D eigenvalue weighted by molar-refractivity contribution is 5.48. The molecule has 7 heteroatoms. The van der Waals surface area contributed by atoms with Gasteiger partial charge in [0.1, 0.15) is 11.6 Å². The molecule has 1 unspecified atom stereocenters. The number of nitrogens with zero attached hydrogens (tertiary/aromatic N) is 2. The van der Waals surface area contributed by atoms with E-state index in [9.17, 15) is 13.2 Å². The molecule has 0 amide bonds. The molecule has 1 atom stereocenters. The summed E-state index contributed by atoms with van der Waals surface area (Å²) in [6.45, 7) is 2.00. The zero-order valence-electron chi connectivity index (χ0n) is 12.3. The van der Waals surface area contributed by atoms with Gasteiger partial charge in [-0.3, -0.25) is 0 Å². The zero-order valence-corrected chi connectivity index (χ0v) is 12.3. The van der Waals surface area contributed by atoms with E-state index in [0.29, 0.717) is 5.92 Å². The van der Waals surface area contributed by atoms with E-state index in [4.69, 9.17) is 0 Å². The van der Waals surface area contributed by atoms with Crippen LogP contribution in [0.1, 0.15) is 44.9 Å². The molecule has 0 saturated heterocycles. The Kier molecular flexibility index (Phi) is 4.90. The molecule has 4 nitrogen and oxygen atoms in total. The van der Waals surface area contributed by atoms with Gasteiger partial charge in [0.25, 0.3) is 0 Å². The molecule has 0 spiro atoms. The lowest BCUT2D eigenvalue weighted by atomic mass is 9.84. The molecule has 0 aromatic carbocycles. The summed E-state index contributed by atoms with van der Waals surface area (Å²) in [5.74, 6) is -0.246. The zero-order chi connectivity index (χ0) is 15.5. The minimum atomic E-state index is -4.54. The molecule has 1 aromatic heterocycles. The molecule has 1 aliphatic carbocycles. The molecule has 2 rings (SSSR count). The lowest BCUT2D eigenvalue weighted by Crippen LogP contribution is -2.28. The van der Waals surface area contributed by atoms with Crippen molar-refractivity contribution >= 4 is 11.6 Å². The van der Waals surface area contributed by atoms with Crippen LogP contribution in [0, 0.1) is 5.92 Å². The Labute approximate surface area is 122 Å². The van der Waals surface area contributed by atoms with Crippen LogP contribution in [0.15, 0.2) is 6.07 Å². The first-order valence-corrected chi connectivity index (χ1v) is 7.30. The molecule has 0 radical (unpaired) electrons. The summed E-state index contributed by atoms with van der Waals surface area (Å²) < 4.78 is 38.4. The second kappa shape index (κ2) is 6.49. The number of anilines is 2. The Balaban J connectivity index is 2.14. The number of hydrogen-bond acceptors (Lipinski definition) is 4. The molecule has 2 N–H and O–H groups in total. The Hall–Kier alpha value is -1.53. The van der Waals surface area contributed by atoms with E-state index < -0.39 is 12.0 Å². The SMILES string of the molecule is CNc1cc(NC(C)C2CCCCC2)nc(C(F)(F)F)n1. The molecule has 1 aliphatic rings. The summed E-state index contributed by atoms with van der Waals surface area (Å²) in [5, 5.41) is 5.75. The van der Waals surface area contributed by atoms with Gasteiger partial charge in [-0.25, -0.2) is 9.97 Å². The van der Waals surface area contributed by atoms with Crippen LogP contribution in [-0.4, -0.2) is 23.1 Å². The predicted molar refractivity (Wildman–Crippen MR) is 76.2 cm³/mol. The van der Waals surface area contributed by atoms with Gasteiger partial charge in [0, 0.05) is 19.2 Å². The number of nitrogens with one attached hydrogen (secondary N) is 2. The van der Waals surface area contributed by atoms with Crippen LogP contribution in [0.2, 0.25) is 0 Å². The van der Waals surface area contributed by atoms with Gasteiger partial charge in [0.2, 0.25) is 5.82 Å². The molecule has 1 heterocycles. The second-order valence-electron chi connectivity index (χ2n) is 5.54. The Bertz CT molecular complexity index is 470. The van der Waals surface area contributed by atoms with Gasteiger partial charge in [-0.1, -0.05) is 19.3 Å². The van der Waals surface area contributed by atoms with Crippen LogP contribution >= 0.6 is 0 Å². The average molecular weight is 302 g/mol. The number of halogens is 3. The van der Waals surface area contributed by atoms with Gasteiger partial charge in [-0.15, -0.1) is 0 Å². The number of hydrogen-bond donors (Lipinski definition) is 2. The molecule has 1 aromatic rings. The van der Waals surface area contributed by atoms with Crippen molar-refractivity contribution in [3.63, 3.8) is 0 Å². The quantitative estimate of drug-likeness (QED) is 0.885. The summed E-state index contributed by atoms with van der Waals surface area (Å²) in [4.78, 5) is 7.06. The monoisotopic (exact) mass is 302 g/mol. The maximum atomic E-state index is 12.8. The van der Waals surface area contributed by atoms with Gasteiger partial charge in [-0.05, 0) is 25.7 Å².